The second-order valence-electron chi connectivity index (χ2n) is 3.12. The lowest BCUT2D eigenvalue weighted by Gasteiger charge is -2.22. The number of hydrogen-bond donors (Lipinski definition) is 0. The van der Waals surface area contributed by atoms with Crippen LogP contribution >= 0.6 is 0 Å². The van der Waals surface area contributed by atoms with Crippen molar-refractivity contribution in [2.45, 2.75) is 34.1 Å². The zero-order valence-corrected chi connectivity index (χ0v) is 6.96. The Labute approximate surface area is 60.9 Å². The molecule has 10 heavy (non-hydrogen) atoms. The van der Waals surface area contributed by atoms with Crippen LogP contribution in [0.2, 0.25) is 0 Å². The van der Waals surface area contributed by atoms with E-state index in [1.165, 1.54) is 6.92 Å². The molecule has 0 aliphatic carbocycles. The van der Waals surface area contributed by atoms with Crippen LogP contribution in [-0.4, -0.2) is 0 Å². The van der Waals surface area contributed by atoms with E-state index < -0.39 is 6.08 Å². The first-order chi connectivity index (χ1) is 4.41. The molecule has 0 rings (SSSR count). The van der Waals surface area contributed by atoms with Crippen LogP contribution in [0.1, 0.15) is 34.1 Å². The lowest BCUT2D eigenvalue weighted by molar-refractivity contribution is 0.349. The summed E-state index contributed by atoms with van der Waals surface area (Å²) >= 11 is 0. The van der Waals surface area contributed by atoms with Crippen LogP contribution in [-0.2, 0) is 0 Å². The largest absolute Gasteiger partial charge is 0.269 e. The second kappa shape index (κ2) is 3.13. The first kappa shape index (κ1) is 9.60. The standard InChI is InChI=1S/C8H14F2/c1-5-8(3,4)6(2)7(9)10/h5H2,1-4H3. The average molecular weight is 148 g/mol. The number of rotatable bonds is 2. The third-order valence-electron chi connectivity index (χ3n) is 2.18. The van der Waals surface area contributed by atoms with Gasteiger partial charge in [-0.25, -0.2) is 0 Å². The summed E-state index contributed by atoms with van der Waals surface area (Å²) in [5.74, 6) is 0. The summed E-state index contributed by atoms with van der Waals surface area (Å²) in [5.41, 5.74) is -0.145. The molecule has 60 valence electrons. The molecule has 0 aliphatic heterocycles. The van der Waals surface area contributed by atoms with Crippen molar-refractivity contribution in [1.82, 2.24) is 0 Å². The molecule has 0 saturated heterocycles. The zero-order chi connectivity index (χ0) is 8.36. The van der Waals surface area contributed by atoms with Crippen molar-refractivity contribution in [3.8, 4) is 0 Å². The Kier molecular flexibility index (Phi) is 3.00. The molecule has 0 N–H and O–H groups in total. The van der Waals surface area contributed by atoms with Gasteiger partial charge in [0.15, 0.2) is 0 Å². The van der Waals surface area contributed by atoms with Gasteiger partial charge < -0.3 is 0 Å². The van der Waals surface area contributed by atoms with Crippen molar-refractivity contribution < 1.29 is 8.78 Å². The van der Waals surface area contributed by atoms with Crippen LogP contribution < -0.4 is 0 Å². The third kappa shape index (κ3) is 2.09. The van der Waals surface area contributed by atoms with Gasteiger partial charge in [-0.1, -0.05) is 20.8 Å². The lowest BCUT2D eigenvalue weighted by atomic mass is 9.83. The minimum atomic E-state index is -1.54. The first-order valence-corrected chi connectivity index (χ1v) is 3.44. The van der Waals surface area contributed by atoms with E-state index in [2.05, 4.69) is 0 Å². The molecule has 0 unspecified atom stereocenters. The van der Waals surface area contributed by atoms with Crippen LogP contribution in [0.15, 0.2) is 11.7 Å². The van der Waals surface area contributed by atoms with E-state index in [4.69, 9.17) is 0 Å². The van der Waals surface area contributed by atoms with Gasteiger partial charge in [-0.15, -0.1) is 0 Å². The monoisotopic (exact) mass is 148 g/mol. The summed E-state index contributed by atoms with van der Waals surface area (Å²) in [4.78, 5) is 0. The van der Waals surface area contributed by atoms with Gasteiger partial charge in [0.1, 0.15) is 0 Å². The first-order valence-electron chi connectivity index (χ1n) is 3.44. The maximum absolute atomic E-state index is 12.0. The molecule has 0 radical (unpaired) electrons. The van der Waals surface area contributed by atoms with E-state index in [1.54, 1.807) is 0 Å². The molecule has 0 heterocycles. The van der Waals surface area contributed by atoms with Gasteiger partial charge in [0.25, 0.3) is 6.08 Å². The summed E-state index contributed by atoms with van der Waals surface area (Å²) in [7, 11) is 0. The Morgan fingerprint density at radius 3 is 1.80 bits per heavy atom. The Hall–Kier alpha value is -0.400. The Morgan fingerprint density at radius 1 is 1.30 bits per heavy atom. The molecular formula is C8H14F2. The molecule has 0 bridgehead atoms. The molecular weight excluding hydrogens is 134 g/mol. The van der Waals surface area contributed by atoms with Crippen LogP contribution in [0.3, 0.4) is 0 Å². The molecule has 0 amide bonds. The van der Waals surface area contributed by atoms with Crippen molar-refractivity contribution in [3.63, 3.8) is 0 Å². The van der Waals surface area contributed by atoms with Gasteiger partial charge in [-0.2, -0.15) is 8.78 Å². The highest BCUT2D eigenvalue weighted by Gasteiger charge is 2.21. The molecule has 0 aromatic carbocycles. The fourth-order valence-electron chi connectivity index (χ4n) is 0.521. The van der Waals surface area contributed by atoms with Crippen LogP contribution in [0.5, 0.6) is 0 Å². The molecule has 0 spiro atoms. The van der Waals surface area contributed by atoms with E-state index in [-0.39, 0.29) is 11.0 Å². The zero-order valence-electron chi connectivity index (χ0n) is 6.96. The molecule has 0 atom stereocenters. The quantitative estimate of drug-likeness (QED) is 0.561. The lowest BCUT2D eigenvalue weighted by Crippen LogP contribution is -2.11. The van der Waals surface area contributed by atoms with Gasteiger partial charge in [0, 0.05) is 0 Å². The SMILES string of the molecule is CCC(C)(C)C(C)=C(F)F. The summed E-state index contributed by atoms with van der Waals surface area (Å²) in [6.45, 7) is 7.04. The van der Waals surface area contributed by atoms with E-state index in [1.807, 2.05) is 20.8 Å². The van der Waals surface area contributed by atoms with Crippen molar-refractivity contribution in [2.24, 2.45) is 5.41 Å². The molecule has 2 heteroatoms. The molecule has 0 aromatic rings. The molecule has 0 nitrogen and oxygen atoms in total. The summed E-state index contributed by atoms with van der Waals surface area (Å²) in [5, 5.41) is 0. The molecule has 0 aromatic heterocycles. The fraction of sp³-hybridized carbons (Fsp3) is 0.750. The predicted octanol–water partition coefficient (Wildman–Crippen LogP) is 3.59. The van der Waals surface area contributed by atoms with Crippen molar-refractivity contribution in [1.29, 1.82) is 0 Å². The maximum atomic E-state index is 12.0. The maximum Gasteiger partial charge on any atom is 0.269 e. The second-order valence-corrected chi connectivity index (χ2v) is 3.12. The summed E-state index contributed by atoms with van der Waals surface area (Å²) in [6.07, 6.45) is -0.789. The molecule has 0 aliphatic rings. The Bertz CT molecular complexity index is 141. The highest BCUT2D eigenvalue weighted by Crippen LogP contribution is 2.32. The number of allylic oxidation sites excluding steroid dienone is 1. The number of halogens is 2. The third-order valence-corrected chi connectivity index (χ3v) is 2.18. The van der Waals surface area contributed by atoms with Crippen LogP contribution in [0.4, 0.5) is 8.78 Å². The van der Waals surface area contributed by atoms with Gasteiger partial charge in [0.05, 0.1) is 0 Å². The topological polar surface area (TPSA) is 0 Å². The number of hydrogen-bond acceptors (Lipinski definition) is 0. The summed E-state index contributed by atoms with van der Waals surface area (Å²) in [6, 6.07) is 0. The van der Waals surface area contributed by atoms with Crippen molar-refractivity contribution in [3.05, 3.63) is 11.7 Å². The highest BCUT2D eigenvalue weighted by atomic mass is 19.3. The Morgan fingerprint density at radius 2 is 1.70 bits per heavy atom. The minimum absolute atomic E-state index is 0.204. The van der Waals surface area contributed by atoms with Gasteiger partial charge >= 0.3 is 0 Å². The molecule has 0 fully saturated rings. The van der Waals surface area contributed by atoms with E-state index in [9.17, 15) is 8.78 Å². The average Bonchev–Trinajstić information content (AvgIpc) is 1.86. The Balaban J connectivity index is 4.49. The smallest absolute Gasteiger partial charge is 0.173 e. The van der Waals surface area contributed by atoms with Gasteiger partial charge in [-0.05, 0) is 24.3 Å². The van der Waals surface area contributed by atoms with Crippen molar-refractivity contribution >= 4 is 0 Å². The molecule has 0 saturated carbocycles. The van der Waals surface area contributed by atoms with Crippen molar-refractivity contribution in [2.75, 3.05) is 0 Å². The van der Waals surface area contributed by atoms with Gasteiger partial charge in [-0.3, -0.25) is 0 Å². The minimum Gasteiger partial charge on any atom is -0.173 e. The normalized spacial score (nSPS) is 11.4. The summed E-state index contributed by atoms with van der Waals surface area (Å²) < 4.78 is 24.0. The van der Waals surface area contributed by atoms with Crippen LogP contribution in [0.25, 0.3) is 0 Å². The fourth-order valence-corrected chi connectivity index (χ4v) is 0.521. The van der Waals surface area contributed by atoms with Crippen LogP contribution in [0, 0.1) is 5.41 Å². The predicted molar refractivity (Wildman–Crippen MR) is 39.0 cm³/mol. The van der Waals surface area contributed by atoms with E-state index in [0.717, 1.165) is 6.42 Å². The van der Waals surface area contributed by atoms with E-state index >= 15 is 0 Å². The highest BCUT2D eigenvalue weighted by molar-refractivity contribution is 5.08. The van der Waals surface area contributed by atoms with E-state index in [0.29, 0.717) is 0 Å². The van der Waals surface area contributed by atoms with Gasteiger partial charge in [0.2, 0.25) is 0 Å².